The summed E-state index contributed by atoms with van der Waals surface area (Å²) < 4.78 is 15.2. The molecule has 0 aliphatic heterocycles. The minimum absolute atomic E-state index is 0.0295. The van der Waals surface area contributed by atoms with Gasteiger partial charge in [-0.25, -0.2) is 14.1 Å². The molecule has 0 spiro atoms. The van der Waals surface area contributed by atoms with Crippen LogP contribution in [0.5, 0.6) is 0 Å². The van der Waals surface area contributed by atoms with E-state index in [0.29, 0.717) is 39.1 Å². The van der Waals surface area contributed by atoms with E-state index in [1.807, 2.05) is 40.7 Å². The van der Waals surface area contributed by atoms with Crippen molar-refractivity contribution < 1.29 is 9.18 Å². The summed E-state index contributed by atoms with van der Waals surface area (Å²) in [4.78, 5) is 33.2. The second-order valence-electron chi connectivity index (χ2n) is 8.51. The van der Waals surface area contributed by atoms with Crippen molar-refractivity contribution >= 4 is 16.9 Å². The third kappa shape index (κ3) is 4.28. The molecule has 0 fully saturated rings. The molecule has 4 aromatic rings. The monoisotopic (exact) mass is 447 g/mol. The summed E-state index contributed by atoms with van der Waals surface area (Å²) in [6.07, 6.45) is 0. The van der Waals surface area contributed by atoms with Crippen LogP contribution in [0.25, 0.3) is 22.3 Å². The number of fused-ring (bicyclic) bond motifs is 1. The van der Waals surface area contributed by atoms with Crippen molar-refractivity contribution in [3.8, 4) is 11.3 Å². The maximum Gasteiger partial charge on any atom is 0.253 e. The smallest absolute Gasteiger partial charge is 0.253 e. The van der Waals surface area contributed by atoms with Crippen LogP contribution in [-0.4, -0.2) is 25.7 Å². The van der Waals surface area contributed by atoms with E-state index in [1.54, 1.807) is 22.9 Å². The third-order valence-corrected chi connectivity index (χ3v) is 5.63. The summed E-state index contributed by atoms with van der Waals surface area (Å²) in [5.41, 5.74) is 4.77. The van der Waals surface area contributed by atoms with E-state index in [4.69, 9.17) is 4.98 Å². The predicted molar refractivity (Wildman–Crippen MR) is 126 cm³/mol. The number of hydrogen-bond acceptors (Lipinski definition) is 4. The van der Waals surface area contributed by atoms with Crippen molar-refractivity contribution in [1.29, 1.82) is 0 Å². The number of benzene rings is 1. The van der Waals surface area contributed by atoms with Crippen molar-refractivity contribution in [2.75, 3.05) is 0 Å². The second-order valence-corrected chi connectivity index (χ2v) is 8.51. The molecule has 0 bridgehead atoms. The molecule has 8 heteroatoms. The van der Waals surface area contributed by atoms with E-state index in [2.05, 4.69) is 15.4 Å². The Bertz CT molecular complexity index is 1420. The maximum atomic E-state index is 13.5. The van der Waals surface area contributed by atoms with Gasteiger partial charge in [-0.1, -0.05) is 0 Å². The number of carbonyl (C=O) groups is 1. The molecule has 0 saturated carbocycles. The molecule has 0 unspecified atom stereocenters. The van der Waals surface area contributed by atoms with Crippen molar-refractivity contribution in [2.45, 2.75) is 47.2 Å². The van der Waals surface area contributed by atoms with Gasteiger partial charge in [0, 0.05) is 29.4 Å². The molecule has 33 heavy (non-hydrogen) atoms. The highest BCUT2D eigenvalue weighted by Crippen LogP contribution is 2.29. The van der Waals surface area contributed by atoms with Crippen molar-refractivity contribution in [1.82, 2.24) is 25.1 Å². The molecule has 7 nitrogen and oxygen atoms in total. The Kier molecular flexibility index (Phi) is 5.84. The van der Waals surface area contributed by atoms with Gasteiger partial charge in [-0.05, 0) is 76.6 Å². The summed E-state index contributed by atoms with van der Waals surface area (Å²) in [6.45, 7) is 9.57. The maximum absolute atomic E-state index is 13.5. The van der Waals surface area contributed by atoms with Crippen LogP contribution in [0.1, 0.15) is 52.8 Å². The highest BCUT2D eigenvalue weighted by atomic mass is 19.1. The average Bonchev–Trinajstić information content (AvgIpc) is 3.09. The van der Waals surface area contributed by atoms with Crippen LogP contribution in [0.4, 0.5) is 4.39 Å². The Morgan fingerprint density at radius 3 is 2.48 bits per heavy atom. The van der Waals surface area contributed by atoms with Gasteiger partial charge in [0.05, 0.1) is 22.3 Å². The zero-order chi connectivity index (χ0) is 23.9. The molecular formula is C25H26FN5O2. The van der Waals surface area contributed by atoms with E-state index >= 15 is 0 Å². The summed E-state index contributed by atoms with van der Waals surface area (Å²) in [7, 11) is 0. The number of aryl methyl sites for hydroxylation is 3. The first-order valence-electron chi connectivity index (χ1n) is 10.8. The summed E-state index contributed by atoms with van der Waals surface area (Å²) in [6, 6.07) is 9.57. The minimum Gasteiger partial charge on any atom is -0.348 e. The first kappa shape index (κ1) is 22.4. The second kappa shape index (κ2) is 8.61. The van der Waals surface area contributed by atoms with Gasteiger partial charge in [0.15, 0.2) is 5.65 Å². The van der Waals surface area contributed by atoms with Gasteiger partial charge in [0.25, 0.3) is 11.5 Å². The summed E-state index contributed by atoms with van der Waals surface area (Å²) >= 11 is 0. The molecule has 3 aromatic heterocycles. The quantitative estimate of drug-likeness (QED) is 0.475. The highest BCUT2D eigenvalue weighted by molar-refractivity contribution is 6.07. The Hall–Kier alpha value is -3.81. The van der Waals surface area contributed by atoms with Gasteiger partial charge >= 0.3 is 0 Å². The minimum atomic E-state index is -0.348. The largest absolute Gasteiger partial charge is 0.348 e. The van der Waals surface area contributed by atoms with E-state index in [-0.39, 0.29) is 29.9 Å². The number of pyridine rings is 2. The van der Waals surface area contributed by atoms with Crippen LogP contribution in [0.2, 0.25) is 0 Å². The number of carbonyl (C=O) groups excluding carboxylic acids is 1. The number of H-pyrrole nitrogens is 1. The molecule has 0 aliphatic rings. The number of rotatable bonds is 5. The zero-order valence-corrected chi connectivity index (χ0v) is 19.3. The first-order chi connectivity index (χ1) is 15.7. The molecule has 0 saturated heterocycles. The molecule has 170 valence electrons. The van der Waals surface area contributed by atoms with E-state index in [1.165, 1.54) is 12.1 Å². The Morgan fingerprint density at radius 2 is 1.85 bits per heavy atom. The number of aromatic amines is 1. The molecule has 0 atom stereocenters. The Balaban J connectivity index is 1.80. The van der Waals surface area contributed by atoms with Crippen molar-refractivity contribution in [3.63, 3.8) is 0 Å². The van der Waals surface area contributed by atoms with Gasteiger partial charge in [-0.15, -0.1) is 0 Å². The fourth-order valence-electron chi connectivity index (χ4n) is 3.99. The molecule has 0 aliphatic carbocycles. The van der Waals surface area contributed by atoms with Gasteiger partial charge in [-0.2, -0.15) is 5.10 Å². The average molecular weight is 448 g/mol. The highest BCUT2D eigenvalue weighted by Gasteiger charge is 2.21. The van der Waals surface area contributed by atoms with Crippen LogP contribution in [0, 0.1) is 26.6 Å². The first-order valence-corrected chi connectivity index (χ1v) is 10.8. The Morgan fingerprint density at radius 1 is 1.15 bits per heavy atom. The number of hydrogen-bond donors (Lipinski definition) is 2. The number of aromatic nitrogens is 4. The van der Waals surface area contributed by atoms with Crippen LogP contribution in [0.15, 0.2) is 41.2 Å². The fourth-order valence-corrected chi connectivity index (χ4v) is 3.99. The lowest BCUT2D eigenvalue weighted by molar-refractivity contribution is 0.0952. The summed E-state index contributed by atoms with van der Waals surface area (Å²) in [5, 5.41) is 8.13. The van der Waals surface area contributed by atoms with Crippen LogP contribution in [-0.2, 0) is 6.54 Å². The van der Waals surface area contributed by atoms with E-state index in [0.717, 1.165) is 11.3 Å². The number of nitrogens with one attached hydrogen (secondary N) is 2. The molecule has 3 heterocycles. The van der Waals surface area contributed by atoms with Gasteiger partial charge in [-0.3, -0.25) is 9.59 Å². The topological polar surface area (TPSA) is 92.7 Å². The molecule has 1 aromatic carbocycles. The Labute approximate surface area is 190 Å². The van der Waals surface area contributed by atoms with Gasteiger partial charge < -0.3 is 10.3 Å². The molecule has 0 radical (unpaired) electrons. The van der Waals surface area contributed by atoms with Gasteiger partial charge in [0.1, 0.15) is 5.82 Å². The van der Waals surface area contributed by atoms with Crippen molar-refractivity contribution in [3.05, 3.63) is 80.6 Å². The molecule has 2 N–H and O–H groups in total. The zero-order valence-electron chi connectivity index (χ0n) is 19.3. The normalized spacial score (nSPS) is 11.4. The lowest BCUT2D eigenvalue weighted by atomic mass is 10.0. The van der Waals surface area contributed by atoms with Crippen molar-refractivity contribution in [2.24, 2.45) is 0 Å². The van der Waals surface area contributed by atoms with E-state index < -0.39 is 0 Å². The lowest BCUT2D eigenvalue weighted by Crippen LogP contribution is -2.28. The van der Waals surface area contributed by atoms with Crippen LogP contribution >= 0.6 is 0 Å². The number of amides is 1. The molecule has 4 rings (SSSR count). The predicted octanol–water partition coefficient (Wildman–Crippen LogP) is 4.36. The van der Waals surface area contributed by atoms with Gasteiger partial charge in [0.2, 0.25) is 0 Å². The lowest BCUT2D eigenvalue weighted by Gasteiger charge is -2.12. The van der Waals surface area contributed by atoms with Crippen LogP contribution < -0.4 is 10.9 Å². The number of nitrogens with zero attached hydrogens (tertiary/aromatic N) is 3. The third-order valence-electron chi connectivity index (χ3n) is 5.63. The fraction of sp³-hybridized carbons (Fsp3) is 0.280. The van der Waals surface area contributed by atoms with E-state index in [9.17, 15) is 14.0 Å². The standard InChI is InChI=1S/C25H26FN5O2/c1-13(2)31-23-22(16(5)30-31)19(11-21(29-23)17-6-8-18(26)9-7-17)24(32)27-12-20-14(3)10-15(4)28-25(20)33/h6-11,13H,12H2,1-5H3,(H,27,32)(H,28,33). The molecular weight excluding hydrogens is 421 g/mol. The number of halogens is 1. The SMILES string of the molecule is Cc1cc(C)c(CNC(=O)c2cc(-c3ccc(F)cc3)nc3c2c(C)nn3C(C)C)c(=O)[nH]1. The van der Waals surface area contributed by atoms with Crippen LogP contribution in [0.3, 0.4) is 0 Å². The molecule has 1 amide bonds. The summed E-state index contributed by atoms with van der Waals surface area (Å²) in [5.74, 6) is -0.684.